The smallest absolute Gasteiger partial charge is 0.100 e. The van der Waals surface area contributed by atoms with E-state index in [4.69, 9.17) is 10.5 Å². The van der Waals surface area contributed by atoms with Gasteiger partial charge in [0.1, 0.15) is 6.10 Å². The van der Waals surface area contributed by atoms with Crippen LogP contribution in [0, 0.1) is 0 Å². The normalized spacial score (nSPS) is 17.3. The van der Waals surface area contributed by atoms with Gasteiger partial charge in [-0.25, -0.2) is 0 Å². The van der Waals surface area contributed by atoms with E-state index in [-0.39, 0.29) is 6.10 Å². The summed E-state index contributed by atoms with van der Waals surface area (Å²) in [4.78, 5) is 2.24. The fraction of sp³-hybridized carbons (Fsp3) is 0.333. The Hall–Kier alpha value is -1.84. The van der Waals surface area contributed by atoms with Crippen LogP contribution in [0.15, 0.2) is 48.5 Å². The van der Waals surface area contributed by atoms with E-state index < -0.39 is 0 Å². The Bertz CT molecular complexity index is 612. The van der Waals surface area contributed by atoms with E-state index in [1.807, 2.05) is 6.07 Å². The first-order chi connectivity index (χ1) is 10.3. The molecule has 0 fully saturated rings. The average molecular weight is 282 g/mol. The number of rotatable bonds is 4. The van der Waals surface area contributed by atoms with Crippen molar-refractivity contribution < 1.29 is 4.74 Å². The second-order valence-electron chi connectivity index (χ2n) is 5.52. The van der Waals surface area contributed by atoms with E-state index in [2.05, 4.69) is 54.4 Å². The molecule has 1 heterocycles. The molecule has 2 aromatic rings. The lowest BCUT2D eigenvalue weighted by Crippen LogP contribution is -2.30. The van der Waals surface area contributed by atoms with Gasteiger partial charge in [0, 0.05) is 25.8 Å². The quantitative estimate of drug-likeness (QED) is 0.937. The lowest BCUT2D eigenvalue weighted by molar-refractivity contribution is 0.0478. The molecule has 1 aliphatic heterocycles. The number of para-hydroxylation sites is 1. The number of nitrogens with zero attached hydrogens (tertiary/aromatic N) is 1. The number of benzene rings is 2. The highest BCUT2D eigenvalue weighted by Gasteiger charge is 2.22. The first kappa shape index (κ1) is 14.1. The molecular weight excluding hydrogens is 260 g/mol. The van der Waals surface area contributed by atoms with Gasteiger partial charge in [0.25, 0.3) is 0 Å². The summed E-state index contributed by atoms with van der Waals surface area (Å²) in [6.45, 7) is 2.20. The molecule has 0 spiro atoms. The molecule has 1 unspecified atom stereocenters. The largest absolute Gasteiger partial charge is 0.371 e. The maximum Gasteiger partial charge on any atom is 0.100 e. The highest BCUT2D eigenvalue weighted by atomic mass is 16.5. The second-order valence-corrected chi connectivity index (χ2v) is 5.52. The molecule has 0 amide bonds. The van der Waals surface area contributed by atoms with Gasteiger partial charge in [0.2, 0.25) is 0 Å². The van der Waals surface area contributed by atoms with Crippen LogP contribution in [0.25, 0.3) is 0 Å². The summed E-state index contributed by atoms with van der Waals surface area (Å²) in [7, 11) is 2.11. The molecule has 1 atom stereocenters. The number of likely N-dealkylation sites (N-methyl/N-ethyl adjacent to an activating group) is 1. The Morgan fingerprint density at radius 3 is 2.76 bits per heavy atom. The van der Waals surface area contributed by atoms with E-state index >= 15 is 0 Å². The highest BCUT2D eigenvalue weighted by Crippen LogP contribution is 2.29. The molecule has 2 aromatic carbocycles. The summed E-state index contributed by atoms with van der Waals surface area (Å²) in [5.41, 5.74) is 10.9. The van der Waals surface area contributed by atoms with Crippen molar-refractivity contribution in [2.75, 3.05) is 25.1 Å². The van der Waals surface area contributed by atoms with Crippen LogP contribution in [0.4, 0.5) is 5.69 Å². The van der Waals surface area contributed by atoms with Crippen molar-refractivity contribution >= 4 is 5.69 Å². The van der Waals surface area contributed by atoms with Gasteiger partial charge in [0.15, 0.2) is 0 Å². The molecule has 21 heavy (non-hydrogen) atoms. The van der Waals surface area contributed by atoms with Crippen LogP contribution in [0.1, 0.15) is 22.8 Å². The van der Waals surface area contributed by atoms with Crippen molar-refractivity contribution in [2.24, 2.45) is 5.73 Å². The van der Waals surface area contributed by atoms with Gasteiger partial charge in [-0.2, -0.15) is 0 Å². The molecule has 0 saturated heterocycles. The number of ether oxygens (including phenoxy) is 1. The average Bonchev–Trinajstić information content (AvgIpc) is 2.55. The molecule has 3 heteroatoms. The van der Waals surface area contributed by atoms with E-state index in [0.717, 1.165) is 19.6 Å². The summed E-state index contributed by atoms with van der Waals surface area (Å²) < 4.78 is 6.00. The molecule has 2 N–H and O–H groups in total. The minimum absolute atomic E-state index is 0.130. The second kappa shape index (κ2) is 6.29. The lowest BCUT2D eigenvalue weighted by Gasteiger charge is -2.31. The van der Waals surface area contributed by atoms with E-state index in [1.54, 1.807) is 0 Å². The van der Waals surface area contributed by atoms with Crippen molar-refractivity contribution in [3.63, 3.8) is 0 Å². The topological polar surface area (TPSA) is 38.5 Å². The third-order valence-electron chi connectivity index (χ3n) is 4.15. The Balaban J connectivity index is 1.81. The summed E-state index contributed by atoms with van der Waals surface area (Å²) in [5.74, 6) is 0. The van der Waals surface area contributed by atoms with Gasteiger partial charge < -0.3 is 15.4 Å². The van der Waals surface area contributed by atoms with Crippen LogP contribution >= 0.6 is 0 Å². The van der Waals surface area contributed by atoms with Gasteiger partial charge in [0.05, 0.1) is 6.61 Å². The first-order valence-electron chi connectivity index (χ1n) is 7.48. The maximum absolute atomic E-state index is 6.00. The number of nitrogens with two attached hydrogens (primary N) is 1. The molecule has 3 rings (SSSR count). The van der Waals surface area contributed by atoms with E-state index in [9.17, 15) is 0 Å². The molecule has 3 nitrogen and oxygen atoms in total. The molecule has 0 aliphatic carbocycles. The number of hydrogen-bond acceptors (Lipinski definition) is 3. The fourth-order valence-corrected chi connectivity index (χ4v) is 3.03. The molecule has 0 saturated carbocycles. The summed E-state index contributed by atoms with van der Waals surface area (Å²) in [6, 6.07) is 16.9. The van der Waals surface area contributed by atoms with Gasteiger partial charge >= 0.3 is 0 Å². The van der Waals surface area contributed by atoms with Crippen LogP contribution in [0.5, 0.6) is 0 Å². The van der Waals surface area contributed by atoms with Crippen LogP contribution in [0.3, 0.4) is 0 Å². The van der Waals surface area contributed by atoms with E-state index in [0.29, 0.717) is 6.54 Å². The lowest BCUT2D eigenvalue weighted by atomic mass is 9.97. The summed E-state index contributed by atoms with van der Waals surface area (Å²) in [6.07, 6.45) is 1.14. The molecule has 1 aliphatic rings. The molecule has 0 radical (unpaired) electrons. The minimum atomic E-state index is 0.130. The number of anilines is 1. The van der Waals surface area contributed by atoms with Crippen molar-refractivity contribution in [1.29, 1.82) is 0 Å². The van der Waals surface area contributed by atoms with Gasteiger partial charge in [-0.3, -0.25) is 0 Å². The van der Waals surface area contributed by atoms with Crippen LogP contribution < -0.4 is 10.6 Å². The van der Waals surface area contributed by atoms with Crippen molar-refractivity contribution in [3.8, 4) is 0 Å². The molecule has 0 bridgehead atoms. The van der Waals surface area contributed by atoms with Crippen molar-refractivity contribution in [2.45, 2.75) is 19.1 Å². The molecule has 0 aromatic heterocycles. The monoisotopic (exact) mass is 282 g/mol. The zero-order valence-corrected chi connectivity index (χ0v) is 12.5. The SMILES string of the molecule is CN(CC1OCCc2ccccc21)c1ccccc1CN. The summed E-state index contributed by atoms with van der Waals surface area (Å²) in [5, 5.41) is 0. The minimum Gasteiger partial charge on any atom is -0.371 e. The Morgan fingerprint density at radius 1 is 1.14 bits per heavy atom. The third-order valence-corrected chi connectivity index (χ3v) is 4.15. The summed E-state index contributed by atoms with van der Waals surface area (Å²) >= 11 is 0. The van der Waals surface area contributed by atoms with Gasteiger partial charge in [-0.15, -0.1) is 0 Å². The Labute approximate surface area is 126 Å². The van der Waals surface area contributed by atoms with E-state index in [1.165, 1.54) is 22.4 Å². The highest BCUT2D eigenvalue weighted by molar-refractivity contribution is 5.53. The Kier molecular flexibility index (Phi) is 4.23. The Morgan fingerprint density at radius 2 is 1.90 bits per heavy atom. The first-order valence-corrected chi connectivity index (χ1v) is 7.48. The third kappa shape index (κ3) is 2.94. The number of hydrogen-bond donors (Lipinski definition) is 1. The molecule has 110 valence electrons. The zero-order chi connectivity index (χ0) is 14.7. The number of fused-ring (bicyclic) bond motifs is 1. The van der Waals surface area contributed by atoms with Crippen LogP contribution in [0.2, 0.25) is 0 Å². The van der Waals surface area contributed by atoms with Gasteiger partial charge in [-0.1, -0.05) is 42.5 Å². The predicted octanol–water partition coefficient (Wildman–Crippen LogP) is 2.90. The van der Waals surface area contributed by atoms with Crippen LogP contribution in [-0.4, -0.2) is 20.2 Å². The van der Waals surface area contributed by atoms with Crippen LogP contribution in [-0.2, 0) is 17.7 Å². The zero-order valence-electron chi connectivity index (χ0n) is 12.5. The fourth-order valence-electron chi connectivity index (χ4n) is 3.03. The standard InChI is InChI=1S/C18H22N2O/c1-20(17-9-5-3-7-15(17)12-19)13-18-16-8-4-2-6-14(16)10-11-21-18/h2-9,18H,10-13,19H2,1H3. The van der Waals surface area contributed by atoms with Crippen molar-refractivity contribution in [3.05, 3.63) is 65.2 Å². The van der Waals surface area contributed by atoms with Crippen molar-refractivity contribution in [1.82, 2.24) is 0 Å². The maximum atomic E-state index is 6.00. The molecular formula is C18H22N2O. The predicted molar refractivity (Wildman–Crippen MR) is 86.4 cm³/mol. The van der Waals surface area contributed by atoms with Gasteiger partial charge in [-0.05, 0) is 29.2 Å².